The van der Waals surface area contributed by atoms with Gasteiger partial charge in [0.1, 0.15) is 0 Å². The van der Waals surface area contributed by atoms with E-state index in [4.69, 9.17) is 0 Å². The molecule has 1 aliphatic heterocycles. The van der Waals surface area contributed by atoms with E-state index < -0.39 is 0 Å². The van der Waals surface area contributed by atoms with Crippen LogP contribution in [0, 0.1) is 5.92 Å². The molecule has 1 aromatic rings. The second-order valence-corrected chi connectivity index (χ2v) is 6.82. The van der Waals surface area contributed by atoms with Crippen LogP contribution in [-0.2, 0) is 6.54 Å². The smallest absolute Gasteiger partial charge is 0.0300 e. The van der Waals surface area contributed by atoms with Gasteiger partial charge in [-0.05, 0) is 17.4 Å². The van der Waals surface area contributed by atoms with Crippen molar-refractivity contribution in [1.29, 1.82) is 0 Å². The molecule has 1 aromatic heterocycles. The topological polar surface area (TPSA) is 18.5 Å². The molecular formula is C15H27N3S. The second kappa shape index (κ2) is 8.00. The molecule has 1 aliphatic rings. The molecule has 0 unspecified atom stereocenters. The summed E-state index contributed by atoms with van der Waals surface area (Å²) in [5.41, 5.74) is 0. The first-order valence-corrected chi connectivity index (χ1v) is 8.30. The molecule has 108 valence electrons. The van der Waals surface area contributed by atoms with Crippen LogP contribution in [0.2, 0.25) is 0 Å². The summed E-state index contributed by atoms with van der Waals surface area (Å²) in [7, 11) is 0. The number of nitrogens with zero attached hydrogens (tertiary/aromatic N) is 2. The highest BCUT2D eigenvalue weighted by Crippen LogP contribution is 2.07. The molecule has 0 radical (unpaired) electrons. The van der Waals surface area contributed by atoms with Crippen molar-refractivity contribution in [1.82, 2.24) is 15.1 Å². The zero-order valence-corrected chi connectivity index (χ0v) is 13.1. The van der Waals surface area contributed by atoms with Gasteiger partial charge in [-0.15, -0.1) is 11.3 Å². The van der Waals surface area contributed by atoms with E-state index in [-0.39, 0.29) is 0 Å². The second-order valence-electron chi connectivity index (χ2n) is 5.79. The van der Waals surface area contributed by atoms with E-state index in [0.717, 1.165) is 19.0 Å². The van der Waals surface area contributed by atoms with Crippen LogP contribution in [0.5, 0.6) is 0 Å². The molecular weight excluding hydrogens is 254 g/mol. The lowest BCUT2D eigenvalue weighted by atomic mass is 10.2. The molecule has 4 heteroatoms. The summed E-state index contributed by atoms with van der Waals surface area (Å²) in [5.74, 6) is 0.791. The molecule has 19 heavy (non-hydrogen) atoms. The van der Waals surface area contributed by atoms with Crippen molar-refractivity contribution in [2.75, 3.05) is 45.8 Å². The van der Waals surface area contributed by atoms with Crippen molar-refractivity contribution in [3.63, 3.8) is 0 Å². The number of hydrogen-bond donors (Lipinski definition) is 1. The van der Waals surface area contributed by atoms with Crippen LogP contribution in [0.25, 0.3) is 0 Å². The van der Waals surface area contributed by atoms with Gasteiger partial charge < -0.3 is 10.2 Å². The van der Waals surface area contributed by atoms with E-state index in [2.05, 4.69) is 46.5 Å². The maximum atomic E-state index is 3.53. The van der Waals surface area contributed by atoms with Crippen molar-refractivity contribution in [3.8, 4) is 0 Å². The summed E-state index contributed by atoms with van der Waals surface area (Å²) in [6, 6.07) is 4.32. The fraction of sp³-hybridized carbons (Fsp3) is 0.733. The Balaban J connectivity index is 1.53. The minimum atomic E-state index is 0.791. The Morgan fingerprint density at radius 3 is 2.58 bits per heavy atom. The molecule has 0 amide bonds. The quantitative estimate of drug-likeness (QED) is 0.772. The van der Waals surface area contributed by atoms with Gasteiger partial charge in [-0.2, -0.15) is 0 Å². The Labute approximate surface area is 121 Å². The average molecular weight is 281 g/mol. The third-order valence-electron chi connectivity index (χ3n) is 3.57. The number of piperazine rings is 1. The van der Waals surface area contributed by atoms with Crippen molar-refractivity contribution in [2.24, 2.45) is 5.92 Å². The lowest BCUT2D eigenvalue weighted by Crippen LogP contribution is -2.48. The van der Waals surface area contributed by atoms with E-state index in [1.807, 2.05) is 11.3 Å². The molecule has 0 spiro atoms. The first-order valence-electron chi connectivity index (χ1n) is 7.42. The number of hydrogen-bond acceptors (Lipinski definition) is 4. The van der Waals surface area contributed by atoms with Crippen LogP contribution >= 0.6 is 11.3 Å². The Morgan fingerprint density at radius 1 is 1.21 bits per heavy atom. The summed E-state index contributed by atoms with van der Waals surface area (Å²) in [6.45, 7) is 14.1. The first-order chi connectivity index (χ1) is 9.24. The molecule has 1 N–H and O–H groups in total. The monoisotopic (exact) mass is 281 g/mol. The van der Waals surface area contributed by atoms with Crippen molar-refractivity contribution in [3.05, 3.63) is 22.4 Å². The molecule has 0 aromatic carbocycles. The first kappa shape index (κ1) is 15.0. The van der Waals surface area contributed by atoms with Crippen LogP contribution in [0.3, 0.4) is 0 Å². The molecule has 1 fully saturated rings. The highest BCUT2D eigenvalue weighted by molar-refractivity contribution is 7.09. The molecule has 0 bridgehead atoms. The van der Waals surface area contributed by atoms with Gasteiger partial charge in [0.2, 0.25) is 0 Å². The van der Waals surface area contributed by atoms with Gasteiger partial charge >= 0.3 is 0 Å². The van der Waals surface area contributed by atoms with E-state index in [9.17, 15) is 0 Å². The van der Waals surface area contributed by atoms with Crippen LogP contribution in [-0.4, -0.2) is 55.6 Å². The SMILES string of the molecule is CC(C)CN1CCN(CCNCc2cccs2)CC1. The lowest BCUT2D eigenvalue weighted by Gasteiger charge is -2.35. The lowest BCUT2D eigenvalue weighted by molar-refractivity contribution is 0.123. The molecule has 0 atom stereocenters. The summed E-state index contributed by atoms with van der Waals surface area (Å²) in [5, 5.41) is 5.68. The van der Waals surface area contributed by atoms with Crippen LogP contribution in [0.15, 0.2) is 17.5 Å². The maximum absolute atomic E-state index is 3.53. The maximum Gasteiger partial charge on any atom is 0.0300 e. The Morgan fingerprint density at radius 2 is 1.95 bits per heavy atom. The van der Waals surface area contributed by atoms with E-state index in [1.165, 1.54) is 44.1 Å². The Hall–Kier alpha value is -0.420. The summed E-state index contributed by atoms with van der Waals surface area (Å²) in [4.78, 5) is 6.61. The van der Waals surface area contributed by atoms with Gasteiger partial charge in [0.15, 0.2) is 0 Å². The van der Waals surface area contributed by atoms with Gasteiger partial charge in [-0.25, -0.2) is 0 Å². The minimum absolute atomic E-state index is 0.791. The van der Waals surface area contributed by atoms with Gasteiger partial charge in [0.25, 0.3) is 0 Å². The van der Waals surface area contributed by atoms with Gasteiger partial charge in [-0.1, -0.05) is 19.9 Å². The minimum Gasteiger partial charge on any atom is -0.311 e. The zero-order chi connectivity index (χ0) is 13.5. The average Bonchev–Trinajstić information content (AvgIpc) is 2.89. The Kier molecular flexibility index (Phi) is 6.31. The van der Waals surface area contributed by atoms with Gasteiger partial charge in [0, 0.05) is 57.2 Å². The molecule has 3 nitrogen and oxygen atoms in total. The predicted octanol–water partition coefficient (Wildman–Crippen LogP) is 2.11. The third kappa shape index (κ3) is 5.61. The fourth-order valence-electron chi connectivity index (χ4n) is 2.57. The molecule has 2 heterocycles. The normalized spacial score (nSPS) is 18.3. The van der Waals surface area contributed by atoms with Gasteiger partial charge in [0.05, 0.1) is 0 Å². The molecule has 2 rings (SSSR count). The fourth-order valence-corrected chi connectivity index (χ4v) is 3.25. The van der Waals surface area contributed by atoms with Crippen molar-refractivity contribution >= 4 is 11.3 Å². The molecule has 1 saturated heterocycles. The molecule has 0 saturated carbocycles. The van der Waals surface area contributed by atoms with E-state index in [0.29, 0.717) is 0 Å². The molecule has 0 aliphatic carbocycles. The highest BCUT2D eigenvalue weighted by atomic mass is 32.1. The Bertz CT molecular complexity index is 329. The van der Waals surface area contributed by atoms with Crippen molar-refractivity contribution in [2.45, 2.75) is 20.4 Å². The largest absolute Gasteiger partial charge is 0.311 e. The van der Waals surface area contributed by atoms with E-state index >= 15 is 0 Å². The van der Waals surface area contributed by atoms with Crippen molar-refractivity contribution < 1.29 is 0 Å². The summed E-state index contributed by atoms with van der Waals surface area (Å²) >= 11 is 1.83. The number of thiophene rings is 1. The standard InChI is InChI=1S/C15H27N3S/c1-14(2)13-18-9-7-17(8-10-18)6-5-16-12-15-4-3-11-19-15/h3-4,11,14,16H,5-10,12-13H2,1-2H3. The number of rotatable bonds is 7. The van der Waals surface area contributed by atoms with E-state index in [1.54, 1.807) is 0 Å². The van der Waals surface area contributed by atoms with Crippen LogP contribution in [0.4, 0.5) is 0 Å². The van der Waals surface area contributed by atoms with Crippen LogP contribution in [0.1, 0.15) is 18.7 Å². The highest BCUT2D eigenvalue weighted by Gasteiger charge is 2.16. The van der Waals surface area contributed by atoms with Gasteiger partial charge in [-0.3, -0.25) is 4.90 Å². The predicted molar refractivity (Wildman–Crippen MR) is 83.7 cm³/mol. The summed E-state index contributed by atoms with van der Waals surface area (Å²) in [6.07, 6.45) is 0. The third-order valence-corrected chi connectivity index (χ3v) is 4.45. The summed E-state index contributed by atoms with van der Waals surface area (Å²) < 4.78 is 0. The number of nitrogens with one attached hydrogen (secondary N) is 1. The van der Waals surface area contributed by atoms with Crippen LogP contribution < -0.4 is 5.32 Å². The zero-order valence-electron chi connectivity index (χ0n) is 12.3.